The third-order valence-electron chi connectivity index (χ3n) is 2.79. The number of rotatable bonds is 8. The predicted octanol–water partition coefficient (Wildman–Crippen LogP) is 0.748. The quantitative estimate of drug-likeness (QED) is 0.687. The van der Waals surface area contributed by atoms with Crippen LogP contribution in [0.25, 0.3) is 0 Å². The molecule has 0 radical (unpaired) electrons. The van der Waals surface area contributed by atoms with E-state index in [1.165, 1.54) is 4.90 Å². The Bertz CT molecular complexity index is 437. The molecular weight excluding hydrogens is 260 g/mol. The Morgan fingerprint density at radius 2 is 2.15 bits per heavy atom. The van der Waals surface area contributed by atoms with Gasteiger partial charge in [-0.15, -0.1) is 0 Å². The molecule has 0 saturated heterocycles. The normalized spacial score (nSPS) is 10.3. The largest absolute Gasteiger partial charge is 0.491 e. The van der Waals surface area contributed by atoms with Gasteiger partial charge < -0.3 is 25.2 Å². The van der Waals surface area contributed by atoms with E-state index < -0.39 is 0 Å². The standard InChI is InChI=1S/C14H22N2O4/c1-3-20-13-11(5-4-6-12(13)15)14(18)16(7-9-17)8-10-19-2/h4-6,17H,3,7-10,15H2,1-2H3. The molecule has 0 saturated carbocycles. The number of nitrogens with zero attached hydrogens (tertiary/aromatic N) is 1. The number of para-hydroxylation sites is 1. The van der Waals surface area contributed by atoms with Gasteiger partial charge in [-0.2, -0.15) is 0 Å². The molecule has 1 aromatic carbocycles. The van der Waals surface area contributed by atoms with Crippen LogP contribution in [0, 0.1) is 0 Å². The molecule has 0 heterocycles. The third-order valence-corrected chi connectivity index (χ3v) is 2.79. The molecule has 0 spiro atoms. The molecule has 1 rings (SSSR count). The van der Waals surface area contributed by atoms with Gasteiger partial charge in [0.1, 0.15) is 0 Å². The molecule has 0 fully saturated rings. The number of carbonyl (C=O) groups is 1. The van der Waals surface area contributed by atoms with E-state index in [-0.39, 0.29) is 19.1 Å². The first-order valence-corrected chi connectivity index (χ1v) is 6.56. The molecule has 20 heavy (non-hydrogen) atoms. The number of carbonyl (C=O) groups excluding carboxylic acids is 1. The summed E-state index contributed by atoms with van der Waals surface area (Å²) in [5.41, 5.74) is 6.67. The summed E-state index contributed by atoms with van der Waals surface area (Å²) in [6, 6.07) is 5.06. The van der Waals surface area contributed by atoms with E-state index >= 15 is 0 Å². The first kappa shape index (κ1) is 16.3. The summed E-state index contributed by atoms with van der Waals surface area (Å²) < 4.78 is 10.4. The lowest BCUT2D eigenvalue weighted by Crippen LogP contribution is -2.36. The number of amides is 1. The number of aliphatic hydroxyl groups excluding tert-OH is 1. The van der Waals surface area contributed by atoms with Crippen molar-refractivity contribution in [3.63, 3.8) is 0 Å². The lowest BCUT2D eigenvalue weighted by atomic mass is 10.1. The van der Waals surface area contributed by atoms with Crippen molar-refractivity contribution in [2.75, 3.05) is 45.8 Å². The minimum atomic E-state index is -0.230. The fourth-order valence-corrected chi connectivity index (χ4v) is 1.84. The van der Waals surface area contributed by atoms with Crippen LogP contribution in [0.4, 0.5) is 5.69 Å². The van der Waals surface area contributed by atoms with Crippen LogP contribution in [-0.2, 0) is 4.74 Å². The summed E-state index contributed by atoms with van der Waals surface area (Å²) in [6.07, 6.45) is 0. The van der Waals surface area contributed by atoms with E-state index in [4.69, 9.17) is 20.3 Å². The van der Waals surface area contributed by atoms with Crippen molar-refractivity contribution in [2.45, 2.75) is 6.92 Å². The first-order valence-electron chi connectivity index (χ1n) is 6.56. The van der Waals surface area contributed by atoms with Gasteiger partial charge in [0.05, 0.1) is 31.1 Å². The minimum absolute atomic E-state index is 0.109. The highest BCUT2D eigenvalue weighted by Gasteiger charge is 2.20. The molecule has 112 valence electrons. The van der Waals surface area contributed by atoms with Crippen LogP contribution >= 0.6 is 0 Å². The molecule has 0 bridgehead atoms. The highest BCUT2D eigenvalue weighted by atomic mass is 16.5. The van der Waals surface area contributed by atoms with Gasteiger partial charge in [-0.05, 0) is 19.1 Å². The second-order valence-corrected chi connectivity index (χ2v) is 4.17. The van der Waals surface area contributed by atoms with Gasteiger partial charge >= 0.3 is 0 Å². The average molecular weight is 282 g/mol. The highest BCUT2D eigenvalue weighted by molar-refractivity contribution is 5.98. The van der Waals surface area contributed by atoms with Crippen LogP contribution in [0.5, 0.6) is 5.75 Å². The summed E-state index contributed by atoms with van der Waals surface area (Å²) in [6.45, 7) is 3.18. The number of benzene rings is 1. The lowest BCUT2D eigenvalue weighted by Gasteiger charge is -2.23. The zero-order valence-corrected chi connectivity index (χ0v) is 12.0. The summed E-state index contributed by atoms with van der Waals surface area (Å²) >= 11 is 0. The SMILES string of the molecule is CCOc1c(N)cccc1C(=O)N(CCO)CCOC. The van der Waals surface area contributed by atoms with Crippen LogP contribution in [0.2, 0.25) is 0 Å². The lowest BCUT2D eigenvalue weighted by molar-refractivity contribution is 0.0652. The first-order chi connectivity index (χ1) is 9.65. The van der Waals surface area contributed by atoms with Gasteiger partial charge in [0.25, 0.3) is 5.91 Å². The number of aliphatic hydroxyl groups is 1. The van der Waals surface area contributed by atoms with Crippen molar-refractivity contribution < 1.29 is 19.4 Å². The number of ether oxygens (including phenoxy) is 2. The van der Waals surface area contributed by atoms with E-state index in [1.807, 2.05) is 6.92 Å². The van der Waals surface area contributed by atoms with Gasteiger partial charge in [0, 0.05) is 20.2 Å². The summed E-state index contributed by atoms with van der Waals surface area (Å²) in [5, 5.41) is 9.07. The van der Waals surface area contributed by atoms with Gasteiger partial charge in [-0.1, -0.05) is 6.07 Å². The minimum Gasteiger partial charge on any atom is -0.491 e. The second-order valence-electron chi connectivity index (χ2n) is 4.17. The Hall–Kier alpha value is -1.79. The Balaban J connectivity index is 3.01. The van der Waals surface area contributed by atoms with E-state index in [9.17, 15) is 4.79 Å². The number of nitrogen functional groups attached to an aromatic ring is 1. The van der Waals surface area contributed by atoms with Crippen LogP contribution in [0.3, 0.4) is 0 Å². The maximum atomic E-state index is 12.5. The fraction of sp³-hybridized carbons (Fsp3) is 0.500. The van der Waals surface area contributed by atoms with E-state index in [2.05, 4.69) is 0 Å². The molecule has 6 nitrogen and oxygen atoms in total. The highest BCUT2D eigenvalue weighted by Crippen LogP contribution is 2.27. The second kappa shape index (κ2) is 8.39. The smallest absolute Gasteiger partial charge is 0.257 e. The van der Waals surface area contributed by atoms with Crippen LogP contribution in [0.1, 0.15) is 17.3 Å². The number of hydrogen-bond donors (Lipinski definition) is 2. The van der Waals surface area contributed by atoms with Crippen molar-refractivity contribution in [1.29, 1.82) is 0 Å². The Labute approximate surface area is 119 Å². The number of methoxy groups -OCH3 is 1. The number of anilines is 1. The molecular formula is C14H22N2O4. The molecule has 1 aromatic rings. The van der Waals surface area contributed by atoms with Gasteiger partial charge in [0.15, 0.2) is 5.75 Å². The Morgan fingerprint density at radius 1 is 1.40 bits per heavy atom. The molecule has 0 atom stereocenters. The van der Waals surface area contributed by atoms with Crippen molar-refractivity contribution in [3.05, 3.63) is 23.8 Å². The molecule has 3 N–H and O–H groups in total. The number of hydrogen-bond acceptors (Lipinski definition) is 5. The van der Waals surface area contributed by atoms with Gasteiger partial charge in [-0.25, -0.2) is 0 Å². The van der Waals surface area contributed by atoms with Crippen molar-refractivity contribution in [1.82, 2.24) is 4.90 Å². The maximum absolute atomic E-state index is 12.5. The summed E-state index contributed by atoms with van der Waals surface area (Å²) in [7, 11) is 1.56. The van der Waals surface area contributed by atoms with E-state index in [0.29, 0.717) is 36.8 Å². The molecule has 1 amide bonds. The van der Waals surface area contributed by atoms with Crippen LogP contribution in [0.15, 0.2) is 18.2 Å². The Kier molecular flexibility index (Phi) is 6.83. The Morgan fingerprint density at radius 3 is 2.75 bits per heavy atom. The maximum Gasteiger partial charge on any atom is 0.257 e. The summed E-state index contributed by atoms with van der Waals surface area (Å²) in [4.78, 5) is 14.0. The van der Waals surface area contributed by atoms with Crippen molar-refractivity contribution in [3.8, 4) is 5.75 Å². The zero-order chi connectivity index (χ0) is 15.0. The van der Waals surface area contributed by atoms with Crippen LogP contribution in [-0.4, -0.2) is 55.9 Å². The predicted molar refractivity (Wildman–Crippen MR) is 76.9 cm³/mol. The van der Waals surface area contributed by atoms with Crippen molar-refractivity contribution >= 4 is 11.6 Å². The topological polar surface area (TPSA) is 85.0 Å². The zero-order valence-electron chi connectivity index (χ0n) is 12.0. The average Bonchev–Trinajstić information content (AvgIpc) is 2.45. The van der Waals surface area contributed by atoms with Gasteiger partial charge in [0.2, 0.25) is 0 Å². The van der Waals surface area contributed by atoms with E-state index in [0.717, 1.165) is 0 Å². The molecule has 6 heteroatoms. The summed E-state index contributed by atoms with van der Waals surface area (Å²) in [5.74, 6) is 0.159. The van der Waals surface area contributed by atoms with Crippen molar-refractivity contribution in [2.24, 2.45) is 0 Å². The van der Waals surface area contributed by atoms with E-state index in [1.54, 1.807) is 25.3 Å². The fourth-order valence-electron chi connectivity index (χ4n) is 1.84. The molecule has 0 aliphatic carbocycles. The molecule has 0 aromatic heterocycles. The monoisotopic (exact) mass is 282 g/mol. The van der Waals surface area contributed by atoms with Crippen LogP contribution < -0.4 is 10.5 Å². The third kappa shape index (κ3) is 4.11. The molecule has 0 aliphatic heterocycles. The van der Waals surface area contributed by atoms with Gasteiger partial charge in [-0.3, -0.25) is 4.79 Å². The number of nitrogens with two attached hydrogens (primary N) is 1. The molecule has 0 aliphatic rings. The molecule has 0 unspecified atom stereocenters.